The fourth-order valence-corrected chi connectivity index (χ4v) is 12.5. The Kier molecular flexibility index (Phi) is 18.9. The summed E-state index contributed by atoms with van der Waals surface area (Å²) in [4.78, 5) is 15.0. The molecule has 16 rings (SSSR count). The fraction of sp³-hybridized carbons (Fsp3) is 0.723. The van der Waals surface area contributed by atoms with Gasteiger partial charge in [-0.15, -0.1) is 0 Å². The molecular formula is C65H92N6O12. The molecule has 0 amide bonds. The summed E-state index contributed by atoms with van der Waals surface area (Å²) < 4.78 is 65.4. The zero-order chi connectivity index (χ0) is 55.3. The minimum absolute atomic E-state index is 0.384. The molecule has 0 spiro atoms. The maximum Gasteiger partial charge on any atom is 0.0984 e. The van der Waals surface area contributed by atoms with E-state index >= 15 is 0 Å². The van der Waals surface area contributed by atoms with Gasteiger partial charge in [-0.1, -0.05) is 55.0 Å². The first-order valence-corrected chi connectivity index (χ1v) is 31.9. The average molecular weight is 1150 g/mol. The van der Waals surface area contributed by atoms with E-state index in [0.29, 0.717) is 73.2 Å². The molecule has 14 atom stereocenters. The van der Waals surface area contributed by atoms with E-state index in [4.69, 9.17) is 56.8 Å². The van der Waals surface area contributed by atoms with Crippen molar-refractivity contribution in [2.24, 2.45) is 11.8 Å². The molecule has 13 fully saturated rings. The van der Waals surface area contributed by atoms with Crippen LogP contribution in [0.2, 0.25) is 0 Å². The molecule has 0 bridgehead atoms. The maximum atomic E-state index is 5.48. The van der Waals surface area contributed by atoms with Crippen molar-refractivity contribution in [2.45, 2.75) is 118 Å². The van der Waals surface area contributed by atoms with Gasteiger partial charge in [0.15, 0.2) is 0 Å². The standard InChI is InChI=1S/C25H30N2O4.C20H34N2O4.C20H28N2O4/c1-5-20(26(10-22-14-28-22)11-23-15-29-23)6-2-18(1)9-19-3-7-21(8-4-19)27(12-24-16-30-24)13-25-17-31-25;2*1-2-15(5-21(7-17-11-23-17)8-18-12-24-18)4-16(3-1)6-22(9-19-13-25-19)10-20-14-26-20/h1-8,22-25H,9-17H2;15-20H,1-14H2;1-4,17-20H,5-14H2. The van der Waals surface area contributed by atoms with Crippen molar-refractivity contribution in [2.75, 3.05) is 181 Å². The van der Waals surface area contributed by atoms with Crippen LogP contribution in [0.3, 0.4) is 0 Å². The average Bonchev–Trinajstić information content (AvgIpc) is 4.30. The van der Waals surface area contributed by atoms with Crippen LogP contribution in [0.1, 0.15) is 47.9 Å². The minimum atomic E-state index is 0.384. The smallest absolute Gasteiger partial charge is 0.0984 e. The summed E-state index contributed by atoms with van der Waals surface area (Å²) in [5, 5.41) is 0. The maximum absolute atomic E-state index is 5.48. The molecule has 18 heteroatoms. The molecule has 3 aromatic carbocycles. The van der Waals surface area contributed by atoms with Crippen LogP contribution in [0.25, 0.3) is 0 Å². The van der Waals surface area contributed by atoms with Crippen LogP contribution in [0.5, 0.6) is 0 Å². The van der Waals surface area contributed by atoms with Crippen molar-refractivity contribution in [1.29, 1.82) is 0 Å². The number of anilines is 2. The van der Waals surface area contributed by atoms with Crippen LogP contribution in [0, 0.1) is 11.8 Å². The monoisotopic (exact) mass is 1150 g/mol. The first-order valence-electron chi connectivity index (χ1n) is 31.9. The molecule has 83 heavy (non-hydrogen) atoms. The number of hydrogen-bond acceptors (Lipinski definition) is 18. The highest BCUT2D eigenvalue weighted by atomic mass is 16.6. The Hall–Kier alpha value is -3.38. The highest BCUT2D eigenvalue weighted by Crippen LogP contribution is 2.33. The zero-order valence-corrected chi connectivity index (χ0v) is 48.9. The van der Waals surface area contributed by atoms with Gasteiger partial charge in [-0.05, 0) is 84.0 Å². The molecule has 12 heterocycles. The van der Waals surface area contributed by atoms with Gasteiger partial charge in [0.25, 0.3) is 0 Å². The normalized spacial score (nSPS) is 33.0. The third-order valence-electron chi connectivity index (χ3n) is 18.0. The first kappa shape index (κ1) is 57.4. The molecule has 3 aromatic rings. The molecule has 1 saturated carbocycles. The fourth-order valence-electron chi connectivity index (χ4n) is 12.5. The second-order valence-corrected chi connectivity index (χ2v) is 26.3. The Morgan fingerprint density at radius 1 is 0.289 bits per heavy atom. The number of ether oxygens (including phenoxy) is 12. The van der Waals surface area contributed by atoms with E-state index in [-0.39, 0.29) is 0 Å². The van der Waals surface area contributed by atoms with Gasteiger partial charge in [-0.25, -0.2) is 0 Å². The molecule has 13 aliphatic rings. The number of hydrogen-bond donors (Lipinski definition) is 0. The quantitative estimate of drug-likeness (QED) is 0.0753. The van der Waals surface area contributed by atoms with E-state index in [1.807, 2.05) is 0 Å². The molecule has 12 aliphatic heterocycles. The van der Waals surface area contributed by atoms with E-state index in [2.05, 4.69) is 102 Å². The summed E-state index contributed by atoms with van der Waals surface area (Å²) in [6.07, 6.45) is 11.6. The minimum Gasteiger partial charge on any atom is -0.372 e. The lowest BCUT2D eigenvalue weighted by Gasteiger charge is -2.35. The Morgan fingerprint density at radius 2 is 0.554 bits per heavy atom. The molecular weight excluding hydrogens is 1060 g/mol. The molecule has 454 valence electrons. The molecule has 1 aliphatic carbocycles. The zero-order valence-electron chi connectivity index (χ0n) is 48.9. The van der Waals surface area contributed by atoms with Gasteiger partial charge in [0.2, 0.25) is 0 Å². The highest BCUT2D eigenvalue weighted by molar-refractivity contribution is 5.51. The first-order chi connectivity index (χ1) is 40.9. The van der Waals surface area contributed by atoms with Crippen molar-refractivity contribution in [3.63, 3.8) is 0 Å². The van der Waals surface area contributed by atoms with Crippen LogP contribution < -0.4 is 9.80 Å². The van der Waals surface area contributed by atoms with Gasteiger partial charge in [-0.3, -0.25) is 19.6 Å². The highest BCUT2D eigenvalue weighted by Gasteiger charge is 2.38. The number of benzene rings is 3. The molecule has 0 N–H and O–H groups in total. The third-order valence-corrected chi connectivity index (χ3v) is 18.0. The van der Waals surface area contributed by atoms with E-state index in [1.54, 1.807) is 0 Å². The third kappa shape index (κ3) is 20.9. The summed E-state index contributed by atoms with van der Waals surface area (Å²) in [6.45, 7) is 27.6. The summed E-state index contributed by atoms with van der Waals surface area (Å²) >= 11 is 0. The van der Waals surface area contributed by atoms with Crippen molar-refractivity contribution in [1.82, 2.24) is 19.6 Å². The predicted molar refractivity (Wildman–Crippen MR) is 312 cm³/mol. The van der Waals surface area contributed by atoms with Crippen molar-refractivity contribution >= 4 is 11.4 Å². The summed E-state index contributed by atoms with van der Waals surface area (Å²) in [5.41, 5.74) is 7.91. The number of rotatable bonds is 36. The predicted octanol–water partition coefficient (Wildman–Crippen LogP) is 4.36. The summed E-state index contributed by atoms with van der Waals surface area (Å²) in [7, 11) is 0. The second-order valence-electron chi connectivity index (χ2n) is 26.3. The van der Waals surface area contributed by atoms with Crippen LogP contribution in [0.4, 0.5) is 11.4 Å². The van der Waals surface area contributed by atoms with E-state index in [0.717, 1.165) is 189 Å². The molecule has 0 aromatic heterocycles. The Labute approximate surface area is 492 Å². The Balaban J connectivity index is 0.000000112. The summed E-state index contributed by atoms with van der Waals surface area (Å²) in [5.74, 6) is 1.67. The van der Waals surface area contributed by atoms with Crippen molar-refractivity contribution < 1.29 is 56.8 Å². The molecule has 14 unspecified atom stereocenters. The Morgan fingerprint density at radius 3 is 0.831 bits per heavy atom. The Bertz CT molecular complexity index is 2230. The van der Waals surface area contributed by atoms with Crippen LogP contribution in [-0.2, 0) is 76.4 Å². The van der Waals surface area contributed by atoms with Gasteiger partial charge in [0.05, 0.1) is 153 Å². The van der Waals surface area contributed by atoms with Crippen molar-refractivity contribution in [3.8, 4) is 0 Å². The van der Waals surface area contributed by atoms with Crippen molar-refractivity contribution in [3.05, 3.63) is 95.1 Å². The topological polar surface area (TPSA) is 170 Å². The molecule has 18 nitrogen and oxygen atoms in total. The lowest BCUT2D eigenvalue weighted by atomic mass is 9.80. The SMILES string of the molecule is C1CC(CN(CC2CO2)CC2CO2)CC(CN(CC2CO2)CC2CO2)C1.c1cc(CN(CC2CO2)CC2CO2)cc(CN(CC2CO2)CC2CO2)c1.c1cc(N(CC2CO2)CC2CO2)ccc1Cc1ccc(N(CC2CO2)CC2CO2)cc1. The van der Waals surface area contributed by atoms with Gasteiger partial charge >= 0.3 is 0 Å². The molecule has 12 saturated heterocycles. The molecule has 0 radical (unpaired) electrons. The van der Waals surface area contributed by atoms with Crippen LogP contribution >= 0.6 is 0 Å². The van der Waals surface area contributed by atoms with Crippen LogP contribution in [-0.4, -0.2) is 264 Å². The van der Waals surface area contributed by atoms with E-state index in [1.165, 1.54) is 72.4 Å². The van der Waals surface area contributed by atoms with Crippen LogP contribution in [0.15, 0.2) is 72.8 Å². The number of nitrogens with zero attached hydrogens (tertiary/aromatic N) is 6. The van der Waals surface area contributed by atoms with Gasteiger partial charge < -0.3 is 66.6 Å². The lowest BCUT2D eigenvalue weighted by molar-refractivity contribution is 0.125. The van der Waals surface area contributed by atoms with Gasteiger partial charge in [0.1, 0.15) is 0 Å². The second kappa shape index (κ2) is 27.3. The van der Waals surface area contributed by atoms with E-state index < -0.39 is 0 Å². The lowest BCUT2D eigenvalue weighted by Crippen LogP contribution is -2.40. The van der Waals surface area contributed by atoms with Gasteiger partial charge in [0, 0.05) is 116 Å². The van der Waals surface area contributed by atoms with Gasteiger partial charge in [-0.2, -0.15) is 0 Å². The largest absolute Gasteiger partial charge is 0.372 e. The number of epoxide rings is 12. The van der Waals surface area contributed by atoms with E-state index in [9.17, 15) is 0 Å². The summed E-state index contributed by atoms with van der Waals surface area (Å²) in [6, 6.07) is 26.9.